The van der Waals surface area contributed by atoms with E-state index < -0.39 is 0 Å². The van der Waals surface area contributed by atoms with Crippen molar-refractivity contribution in [1.82, 2.24) is 10.2 Å². The zero-order valence-electron chi connectivity index (χ0n) is 5.05. The van der Waals surface area contributed by atoms with Crippen LogP contribution in [0.3, 0.4) is 0 Å². The molecule has 0 aliphatic carbocycles. The Hall–Kier alpha value is -0.703. The SMILES string of the molecule is Cc1cnnc([SiH3])c1. The standard InChI is InChI=1S/C5H8N2Si/c1-4-2-5(8)7-6-3-4/h2-3H,1,8H3. The van der Waals surface area contributed by atoms with Gasteiger partial charge in [-0.15, -0.1) is 0 Å². The van der Waals surface area contributed by atoms with E-state index in [9.17, 15) is 0 Å². The van der Waals surface area contributed by atoms with E-state index in [4.69, 9.17) is 0 Å². The normalized spacial score (nSPS) is 9.62. The molecule has 0 N–H and O–H groups in total. The number of hydrogen-bond donors (Lipinski definition) is 0. The molecule has 0 radical (unpaired) electrons. The van der Waals surface area contributed by atoms with E-state index in [0.717, 1.165) is 15.6 Å². The Balaban J connectivity index is 3.08. The molecule has 8 heavy (non-hydrogen) atoms. The van der Waals surface area contributed by atoms with E-state index in [1.54, 1.807) is 6.20 Å². The first-order chi connectivity index (χ1) is 3.79. The van der Waals surface area contributed by atoms with E-state index in [1.807, 2.05) is 6.92 Å². The largest absolute Gasteiger partial charge is 0.162 e. The molecular formula is C5H8N2Si. The average Bonchev–Trinajstić information content (AvgIpc) is 1.64. The Kier molecular flexibility index (Phi) is 1.39. The summed E-state index contributed by atoms with van der Waals surface area (Å²) in [5.74, 6) is 0. The summed E-state index contributed by atoms with van der Waals surface area (Å²) in [4.78, 5) is 0. The van der Waals surface area contributed by atoms with Gasteiger partial charge in [0.25, 0.3) is 0 Å². The molecule has 1 heterocycles. The van der Waals surface area contributed by atoms with Gasteiger partial charge in [0.1, 0.15) is 0 Å². The lowest BCUT2D eigenvalue weighted by molar-refractivity contribution is 1.04. The zero-order valence-corrected chi connectivity index (χ0v) is 7.05. The monoisotopic (exact) mass is 124 g/mol. The molecule has 3 heteroatoms. The van der Waals surface area contributed by atoms with Gasteiger partial charge in [-0.2, -0.15) is 10.2 Å². The molecule has 0 aliphatic heterocycles. The topological polar surface area (TPSA) is 25.8 Å². The van der Waals surface area contributed by atoms with Crippen molar-refractivity contribution in [2.45, 2.75) is 6.92 Å². The molecule has 0 spiro atoms. The van der Waals surface area contributed by atoms with Gasteiger partial charge in [0, 0.05) is 5.32 Å². The molecule has 0 fully saturated rings. The number of hydrogen-bond acceptors (Lipinski definition) is 2. The minimum absolute atomic E-state index is 0.999. The summed E-state index contributed by atoms with van der Waals surface area (Å²) in [6, 6.07) is 2.05. The summed E-state index contributed by atoms with van der Waals surface area (Å²) in [7, 11) is 0.999. The van der Waals surface area contributed by atoms with Crippen LogP contribution in [0.1, 0.15) is 5.56 Å². The minimum Gasteiger partial charge on any atom is -0.162 e. The van der Waals surface area contributed by atoms with E-state index in [2.05, 4.69) is 16.3 Å². The van der Waals surface area contributed by atoms with Crippen molar-refractivity contribution < 1.29 is 0 Å². The second-order valence-electron chi connectivity index (χ2n) is 1.87. The molecule has 0 aliphatic rings. The van der Waals surface area contributed by atoms with Gasteiger partial charge in [0.05, 0.1) is 16.4 Å². The molecule has 1 rings (SSSR count). The molecule has 0 bridgehead atoms. The molecule has 1 aromatic heterocycles. The van der Waals surface area contributed by atoms with Crippen LogP contribution in [0.25, 0.3) is 0 Å². The summed E-state index contributed by atoms with van der Waals surface area (Å²) in [6.07, 6.45) is 1.77. The van der Waals surface area contributed by atoms with Crippen LogP contribution in [0.4, 0.5) is 0 Å². The minimum atomic E-state index is 0.999. The van der Waals surface area contributed by atoms with Gasteiger partial charge >= 0.3 is 0 Å². The van der Waals surface area contributed by atoms with Crippen LogP contribution in [0, 0.1) is 6.92 Å². The van der Waals surface area contributed by atoms with Gasteiger partial charge in [-0.05, 0) is 18.6 Å². The van der Waals surface area contributed by atoms with Crippen molar-refractivity contribution in [3.8, 4) is 0 Å². The molecule has 0 unspecified atom stereocenters. The van der Waals surface area contributed by atoms with Gasteiger partial charge in [-0.25, -0.2) is 0 Å². The summed E-state index contributed by atoms with van der Waals surface area (Å²) >= 11 is 0. The van der Waals surface area contributed by atoms with E-state index in [1.165, 1.54) is 5.56 Å². The van der Waals surface area contributed by atoms with Crippen LogP contribution in [-0.2, 0) is 0 Å². The third-order valence-corrected chi connectivity index (χ3v) is 1.40. The van der Waals surface area contributed by atoms with E-state index in [0.29, 0.717) is 0 Å². The Labute approximate surface area is 51.4 Å². The van der Waals surface area contributed by atoms with Crippen molar-refractivity contribution in [3.05, 3.63) is 17.8 Å². The Morgan fingerprint density at radius 2 is 2.38 bits per heavy atom. The predicted octanol–water partition coefficient (Wildman–Crippen LogP) is -1.22. The van der Waals surface area contributed by atoms with Crippen molar-refractivity contribution >= 4 is 15.6 Å². The maximum Gasteiger partial charge on any atom is 0.0648 e. The Morgan fingerprint density at radius 1 is 1.62 bits per heavy atom. The molecular weight excluding hydrogens is 116 g/mol. The van der Waals surface area contributed by atoms with Crippen molar-refractivity contribution in [1.29, 1.82) is 0 Å². The van der Waals surface area contributed by atoms with Gasteiger partial charge < -0.3 is 0 Å². The van der Waals surface area contributed by atoms with Crippen molar-refractivity contribution in [3.63, 3.8) is 0 Å². The highest BCUT2D eigenvalue weighted by Gasteiger charge is 1.83. The average molecular weight is 124 g/mol. The third kappa shape index (κ3) is 1.13. The highest BCUT2D eigenvalue weighted by Crippen LogP contribution is 1.83. The molecule has 1 aromatic rings. The number of rotatable bonds is 0. The molecule has 0 amide bonds. The molecule has 0 atom stereocenters. The summed E-state index contributed by atoms with van der Waals surface area (Å²) in [5.41, 5.74) is 1.20. The fourth-order valence-electron chi connectivity index (χ4n) is 0.607. The van der Waals surface area contributed by atoms with E-state index >= 15 is 0 Å². The maximum atomic E-state index is 3.85. The number of aryl methyl sites for hydroxylation is 1. The van der Waals surface area contributed by atoms with Crippen LogP contribution in [0.2, 0.25) is 0 Å². The van der Waals surface area contributed by atoms with Crippen molar-refractivity contribution in [2.24, 2.45) is 0 Å². The summed E-state index contributed by atoms with van der Waals surface area (Å²) in [5, 5.41) is 8.74. The van der Waals surface area contributed by atoms with Crippen LogP contribution in [0.5, 0.6) is 0 Å². The fraction of sp³-hybridized carbons (Fsp3) is 0.200. The lowest BCUT2D eigenvalue weighted by atomic mass is 10.4. The second-order valence-corrected chi connectivity index (χ2v) is 2.90. The van der Waals surface area contributed by atoms with Gasteiger partial charge in [0.15, 0.2) is 0 Å². The summed E-state index contributed by atoms with van der Waals surface area (Å²) in [6.45, 7) is 2.02. The van der Waals surface area contributed by atoms with Crippen molar-refractivity contribution in [2.75, 3.05) is 0 Å². The molecule has 0 saturated carbocycles. The predicted molar refractivity (Wildman–Crippen MR) is 36.3 cm³/mol. The van der Waals surface area contributed by atoms with Gasteiger partial charge in [-0.3, -0.25) is 0 Å². The molecule has 42 valence electrons. The third-order valence-electron chi connectivity index (χ3n) is 0.913. The lowest BCUT2D eigenvalue weighted by Crippen LogP contribution is -2.08. The Bertz CT molecular complexity index is 170. The first-order valence-corrected chi connectivity index (χ1v) is 3.55. The first kappa shape index (κ1) is 5.43. The van der Waals surface area contributed by atoms with Crippen LogP contribution in [0.15, 0.2) is 12.3 Å². The van der Waals surface area contributed by atoms with Crippen LogP contribution < -0.4 is 5.32 Å². The Morgan fingerprint density at radius 3 is 2.75 bits per heavy atom. The smallest absolute Gasteiger partial charge is 0.0648 e. The van der Waals surface area contributed by atoms with Gasteiger partial charge in [-0.1, -0.05) is 0 Å². The lowest BCUT2D eigenvalue weighted by Gasteiger charge is -1.88. The molecule has 2 nitrogen and oxygen atoms in total. The summed E-state index contributed by atoms with van der Waals surface area (Å²) < 4.78 is 0. The highest BCUT2D eigenvalue weighted by atomic mass is 28.1. The maximum absolute atomic E-state index is 3.85. The highest BCUT2D eigenvalue weighted by molar-refractivity contribution is 6.30. The second kappa shape index (κ2) is 2.04. The quantitative estimate of drug-likeness (QED) is 0.405. The van der Waals surface area contributed by atoms with Gasteiger partial charge in [0.2, 0.25) is 0 Å². The zero-order chi connectivity index (χ0) is 5.98. The number of aromatic nitrogens is 2. The van der Waals surface area contributed by atoms with E-state index in [-0.39, 0.29) is 0 Å². The first-order valence-electron chi connectivity index (χ1n) is 2.55. The fourth-order valence-corrected chi connectivity index (χ4v) is 1.18. The van der Waals surface area contributed by atoms with Crippen LogP contribution >= 0.6 is 0 Å². The number of nitrogens with zero attached hydrogens (tertiary/aromatic N) is 2. The molecule has 0 saturated heterocycles. The molecule has 0 aromatic carbocycles. The van der Waals surface area contributed by atoms with Crippen LogP contribution in [-0.4, -0.2) is 20.4 Å².